The van der Waals surface area contributed by atoms with Gasteiger partial charge in [-0.1, -0.05) is 24.3 Å². The predicted molar refractivity (Wildman–Crippen MR) is 90.4 cm³/mol. The SMILES string of the molecule is CCO[C@@H]1CCOC2(C1)CN(Cc1ccc3ccccc3n1)C2. The van der Waals surface area contributed by atoms with Gasteiger partial charge in [0.25, 0.3) is 0 Å². The lowest BCUT2D eigenvalue weighted by Gasteiger charge is -2.53. The van der Waals surface area contributed by atoms with Gasteiger partial charge in [-0.15, -0.1) is 0 Å². The molecule has 0 amide bonds. The molecule has 1 aromatic carbocycles. The minimum Gasteiger partial charge on any atom is -0.378 e. The molecule has 0 bridgehead atoms. The molecule has 0 radical (unpaired) electrons. The van der Waals surface area contributed by atoms with Gasteiger partial charge in [0.2, 0.25) is 0 Å². The lowest BCUT2D eigenvalue weighted by Crippen LogP contribution is -2.65. The number of ether oxygens (including phenoxy) is 2. The minimum absolute atomic E-state index is 0.0228. The van der Waals surface area contributed by atoms with Gasteiger partial charge in [-0.05, 0) is 25.5 Å². The number of nitrogens with zero attached hydrogens (tertiary/aromatic N) is 2. The molecule has 3 heterocycles. The Morgan fingerprint density at radius 2 is 2.13 bits per heavy atom. The van der Waals surface area contributed by atoms with E-state index >= 15 is 0 Å². The lowest BCUT2D eigenvalue weighted by atomic mass is 9.84. The Balaban J connectivity index is 1.38. The summed E-state index contributed by atoms with van der Waals surface area (Å²) in [6.45, 7) is 6.57. The Labute approximate surface area is 137 Å². The maximum atomic E-state index is 6.07. The highest BCUT2D eigenvalue weighted by Crippen LogP contribution is 2.36. The van der Waals surface area contributed by atoms with E-state index in [2.05, 4.69) is 42.2 Å². The van der Waals surface area contributed by atoms with E-state index in [1.54, 1.807) is 0 Å². The molecule has 122 valence electrons. The van der Waals surface area contributed by atoms with Crippen LogP contribution in [-0.4, -0.2) is 47.9 Å². The molecule has 2 fully saturated rings. The highest BCUT2D eigenvalue weighted by Gasteiger charge is 2.47. The van der Waals surface area contributed by atoms with Gasteiger partial charge < -0.3 is 9.47 Å². The molecule has 4 nitrogen and oxygen atoms in total. The van der Waals surface area contributed by atoms with Gasteiger partial charge >= 0.3 is 0 Å². The van der Waals surface area contributed by atoms with Crippen molar-refractivity contribution in [3.8, 4) is 0 Å². The van der Waals surface area contributed by atoms with E-state index in [0.29, 0.717) is 6.10 Å². The molecule has 1 atom stereocenters. The van der Waals surface area contributed by atoms with Crippen LogP contribution >= 0.6 is 0 Å². The van der Waals surface area contributed by atoms with Crippen LogP contribution in [0.15, 0.2) is 36.4 Å². The van der Waals surface area contributed by atoms with Crippen LogP contribution in [0.25, 0.3) is 10.9 Å². The van der Waals surface area contributed by atoms with Crippen molar-refractivity contribution in [2.75, 3.05) is 26.3 Å². The molecule has 1 aromatic heterocycles. The number of benzene rings is 1. The molecule has 0 saturated carbocycles. The average molecular weight is 312 g/mol. The van der Waals surface area contributed by atoms with Crippen molar-refractivity contribution in [1.82, 2.24) is 9.88 Å². The molecule has 0 unspecified atom stereocenters. The van der Waals surface area contributed by atoms with Gasteiger partial charge in [-0.3, -0.25) is 9.88 Å². The summed E-state index contributed by atoms with van der Waals surface area (Å²) in [5, 5.41) is 1.20. The van der Waals surface area contributed by atoms with Crippen LogP contribution < -0.4 is 0 Å². The first-order valence-electron chi connectivity index (χ1n) is 8.59. The van der Waals surface area contributed by atoms with Crippen molar-refractivity contribution in [3.63, 3.8) is 0 Å². The van der Waals surface area contributed by atoms with E-state index in [4.69, 9.17) is 14.5 Å². The number of aromatic nitrogens is 1. The monoisotopic (exact) mass is 312 g/mol. The number of pyridine rings is 1. The third-order valence-electron chi connectivity index (χ3n) is 4.92. The molecule has 23 heavy (non-hydrogen) atoms. The number of para-hydroxylation sites is 1. The van der Waals surface area contributed by atoms with E-state index < -0.39 is 0 Å². The number of hydrogen-bond acceptors (Lipinski definition) is 4. The van der Waals surface area contributed by atoms with E-state index in [0.717, 1.165) is 56.9 Å². The number of fused-ring (bicyclic) bond motifs is 1. The van der Waals surface area contributed by atoms with Gasteiger partial charge in [0, 0.05) is 44.7 Å². The molecular weight excluding hydrogens is 288 g/mol. The first-order valence-corrected chi connectivity index (χ1v) is 8.59. The summed E-state index contributed by atoms with van der Waals surface area (Å²) in [6.07, 6.45) is 2.43. The van der Waals surface area contributed by atoms with Crippen LogP contribution in [0.4, 0.5) is 0 Å². The second kappa shape index (κ2) is 6.19. The fourth-order valence-corrected chi connectivity index (χ4v) is 3.89. The Morgan fingerprint density at radius 3 is 3.00 bits per heavy atom. The van der Waals surface area contributed by atoms with Crippen molar-refractivity contribution in [2.24, 2.45) is 0 Å². The number of rotatable bonds is 4. The summed E-state index contributed by atoms with van der Waals surface area (Å²) in [4.78, 5) is 7.19. The van der Waals surface area contributed by atoms with Crippen molar-refractivity contribution < 1.29 is 9.47 Å². The molecule has 0 aliphatic carbocycles. The second-order valence-corrected chi connectivity index (χ2v) is 6.74. The topological polar surface area (TPSA) is 34.6 Å². The van der Waals surface area contributed by atoms with E-state index in [-0.39, 0.29) is 5.60 Å². The van der Waals surface area contributed by atoms with Crippen LogP contribution in [0.3, 0.4) is 0 Å². The summed E-state index contributed by atoms with van der Waals surface area (Å²) >= 11 is 0. The zero-order valence-corrected chi connectivity index (χ0v) is 13.7. The third kappa shape index (κ3) is 3.11. The van der Waals surface area contributed by atoms with Gasteiger partial charge in [-0.2, -0.15) is 0 Å². The first-order chi connectivity index (χ1) is 11.3. The molecule has 2 aromatic rings. The van der Waals surface area contributed by atoms with Crippen LogP contribution in [0.2, 0.25) is 0 Å². The van der Waals surface area contributed by atoms with Gasteiger partial charge in [0.15, 0.2) is 0 Å². The third-order valence-corrected chi connectivity index (χ3v) is 4.92. The molecule has 2 saturated heterocycles. The zero-order chi connectivity index (χ0) is 15.7. The highest BCUT2D eigenvalue weighted by molar-refractivity contribution is 5.78. The smallest absolute Gasteiger partial charge is 0.0959 e. The molecule has 4 heteroatoms. The van der Waals surface area contributed by atoms with Crippen LogP contribution in [0.1, 0.15) is 25.5 Å². The summed E-state index contributed by atoms with van der Waals surface area (Å²) in [5.74, 6) is 0. The second-order valence-electron chi connectivity index (χ2n) is 6.74. The quantitative estimate of drug-likeness (QED) is 0.869. The first kappa shape index (κ1) is 15.1. The van der Waals surface area contributed by atoms with Crippen LogP contribution in [-0.2, 0) is 16.0 Å². The van der Waals surface area contributed by atoms with Crippen LogP contribution in [0, 0.1) is 0 Å². The van der Waals surface area contributed by atoms with Crippen molar-refractivity contribution in [1.29, 1.82) is 0 Å². The lowest BCUT2D eigenvalue weighted by molar-refractivity contribution is -0.198. The Morgan fingerprint density at radius 1 is 1.26 bits per heavy atom. The maximum absolute atomic E-state index is 6.07. The van der Waals surface area contributed by atoms with E-state index in [9.17, 15) is 0 Å². The molecule has 4 rings (SSSR count). The summed E-state index contributed by atoms with van der Waals surface area (Å²) < 4.78 is 11.9. The Hall–Kier alpha value is -1.49. The normalized spacial score (nSPS) is 24.0. The average Bonchev–Trinajstić information content (AvgIpc) is 2.54. The van der Waals surface area contributed by atoms with Crippen molar-refractivity contribution in [3.05, 3.63) is 42.1 Å². The predicted octanol–water partition coefficient (Wildman–Crippen LogP) is 3.00. The van der Waals surface area contributed by atoms with Crippen molar-refractivity contribution >= 4 is 10.9 Å². The van der Waals surface area contributed by atoms with E-state index in [1.165, 1.54) is 5.39 Å². The largest absolute Gasteiger partial charge is 0.378 e. The van der Waals surface area contributed by atoms with Gasteiger partial charge in [0.1, 0.15) is 0 Å². The summed E-state index contributed by atoms with van der Waals surface area (Å²) in [6, 6.07) is 12.6. The zero-order valence-electron chi connectivity index (χ0n) is 13.7. The standard InChI is InChI=1S/C19H24N2O2/c1-2-22-17-9-10-23-19(11-17)13-21(14-19)12-16-8-7-15-5-3-4-6-18(15)20-16/h3-8,17H,2,9-14H2,1H3/t17-/m1/s1. The summed E-state index contributed by atoms with van der Waals surface area (Å²) in [5.41, 5.74) is 2.23. The van der Waals surface area contributed by atoms with Crippen LogP contribution in [0.5, 0.6) is 0 Å². The molecular formula is C19H24N2O2. The number of likely N-dealkylation sites (tertiary alicyclic amines) is 1. The Kier molecular flexibility index (Phi) is 4.05. The Bertz CT molecular complexity index is 680. The summed E-state index contributed by atoms with van der Waals surface area (Å²) in [7, 11) is 0. The fraction of sp³-hybridized carbons (Fsp3) is 0.526. The van der Waals surface area contributed by atoms with E-state index in [1.807, 2.05) is 6.07 Å². The van der Waals surface area contributed by atoms with Crippen molar-refractivity contribution in [2.45, 2.75) is 38.0 Å². The molecule has 2 aliphatic rings. The molecule has 1 spiro atoms. The number of hydrogen-bond donors (Lipinski definition) is 0. The minimum atomic E-state index is 0.0228. The maximum Gasteiger partial charge on any atom is 0.0959 e. The van der Waals surface area contributed by atoms with Gasteiger partial charge in [-0.25, -0.2) is 0 Å². The van der Waals surface area contributed by atoms with Gasteiger partial charge in [0.05, 0.1) is 22.9 Å². The molecule has 0 N–H and O–H groups in total. The fourth-order valence-electron chi connectivity index (χ4n) is 3.89. The molecule has 2 aliphatic heterocycles. The highest BCUT2D eigenvalue weighted by atomic mass is 16.5.